The third-order valence-electron chi connectivity index (χ3n) is 3.74. The number of amides is 1. The smallest absolute Gasteiger partial charge is 0.220 e. The van der Waals surface area contributed by atoms with Gasteiger partial charge in [0.1, 0.15) is 0 Å². The van der Waals surface area contributed by atoms with E-state index in [9.17, 15) is 4.79 Å². The molecular formula is C14H21BrN2OS. The number of piperidine rings is 1. The molecule has 1 aromatic heterocycles. The van der Waals surface area contributed by atoms with Gasteiger partial charge in [0.25, 0.3) is 0 Å². The summed E-state index contributed by atoms with van der Waals surface area (Å²) in [4.78, 5) is 13.1. The van der Waals surface area contributed by atoms with Crippen molar-refractivity contribution in [3.8, 4) is 0 Å². The first kappa shape index (κ1) is 15.0. The molecule has 1 amide bonds. The predicted octanol–water partition coefficient (Wildman–Crippen LogP) is 3.15. The van der Waals surface area contributed by atoms with Crippen LogP contribution in [0, 0.1) is 11.8 Å². The Morgan fingerprint density at radius 3 is 3.11 bits per heavy atom. The van der Waals surface area contributed by atoms with Gasteiger partial charge in [-0.05, 0) is 65.8 Å². The van der Waals surface area contributed by atoms with Crippen molar-refractivity contribution in [3.05, 3.63) is 20.8 Å². The highest BCUT2D eigenvalue weighted by molar-refractivity contribution is 9.11. The third kappa shape index (κ3) is 4.89. The Kier molecular flexibility index (Phi) is 5.85. The highest BCUT2D eigenvalue weighted by atomic mass is 79.9. The zero-order valence-corrected chi connectivity index (χ0v) is 13.6. The average molecular weight is 345 g/mol. The van der Waals surface area contributed by atoms with Crippen LogP contribution < -0.4 is 10.6 Å². The molecule has 2 N–H and O–H groups in total. The molecule has 1 aromatic rings. The summed E-state index contributed by atoms with van der Waals surface area (Å²) in [5.41, 5.74) is 0. The summed E-state index contributed by atoms with van der Waals surface area (Å²) in [6, 6.07) is 4.06. The van der Waals surface area contributed by atoms with Crippen molar-refractivity contribution in [2.45, 2.75) is 32.7 Å². The monoisotopic (exact) mass is 344 g/mol. The van der Waals surface area contributed by atoms with E-state index < -0.39 is 0 Å². The summed E-state index contributed by atoms with van der Waals surface area (Å²) in [6.07, 6.45) is 3.12. The standard InChI is InChI=1S/C14H21BrN2OS/c1-10(11-3-2-6-16-8-11)7-14(18)17-9-12-4-5-13(15)19-12/h4-5,10-11,16H,2-3,6-9H2,1H3,(H,17,18). The van der Waals surface area contributed by atoms with Gasteiger partial charge in [0.2, 0.25) is 5.91 Å². The lowest BCUT2D eigenvalue weighted by atomic mass is 9.85. The third-order valence-corrected chi connectivity index (χ3v) is 5.36. The van der Waals surface area contributed by atoms with Gasteiger partial charge in [-0.2, -0.15) is 0 Å². The van der Waals surface area contributed by atoms with E-state index in [0.29, 0.717) is 24.8 Å². The molecule has 0 spiro atoms. The number of hydrogen-bond donors (Lipinski definition) is 2. The lowest BCUT2D eigenvalue weighted by Crippen LogP contribution is -2.35. The van der Waals surface area contributed by atoms with Crippen LogP contribution in [0.3, 0.4) is 0 Å². The first-order chi connectivity index (χ1) is 9.15. The summed E-state index contributed by atoms with van der Waals surface area (Å²) in [5.74, 6) is 1.28. The van der Waals surface area contributed by atoms with Gasteiger partial charge in [0.05, 0.1) is 10.3 Å². The molecule has 1 saturated heterocycles. The molecule has 2 atom stereocenters. The van der Waals surface area contributed by atoms with Gasteiger partial charge in [-0.3, -0.25) is 4.79 Å². The zero-order chi connectivity index (χ0) is 13.7. The zero-order valence-electron chi connectivity index (χ0n) is 11.2. The van der Waals surface area contributed by atoms with Gasteiger partial charge in [-0.1, -0.05) is 6.92 Å². The first-order valence-corrected chi connectivity index (χ1v) is 8.47. The van der Waals surface area contributed by atoms with Crippen molar-refractivity contribution < 1.29 is 4.79 Å². The number of carbonyl (C=O) groups excluding carboxylic acids is 1. The van der Waals surface area contributed by atoms with Gasteiger partial charge in [0.15, 0.2) is 0 Å². The molecule has 0 radical (unpaired) electrons. The van der Waals surface area contributed by atoms with E-state index >= 15 is 0 Å². The molecule has 1 aliphatic heterocycles. The Hall–Kier alpha value is -0.390. The Bertz CT molecular complexity index is 415. The molecule has 1 aliphatic rings. The van der Waals surface area contributed by atoms with Gasteiger partial charge in [0, 0.05) is 11.3 Å². The summed E-state index contributed by atoms with van der Waals surface area (Å²) >= 11 is 5.10. The van der Waals surface area contributed by atoms with Crippen molar-refractivity contribution in [1.29, 1.82) is 0 Å². The Labute approximate surface area is 127 Å². The normalized spacial score (nSPS) is 21.1. The van der Waals surface area contributed by atoms with Crippen LogP contribution in [0.15, 0.2) is 15.9 Å². The number of halogens is 1. The topological polar surface area (TPSA) is 41.1 Å². The summed E-state index contributed by atoms with van der Waals surface area (Å²) in [6.45, 7) is 5.03. The number of hydrogen-bond acceptors (Lipinski definition) is 3. The molecule has 0 aliphatic carbocycles. The second kappa shape index (κ2) is 7.41. The van der Waals surface area contributed by atoms with Gasteiger partial charge in [-0.15, -0.1) is 11.3 Å². The van der Waals surface area contributed by atoms with Crippen LogP contribution in [0.2, 0.25) is 0 Å². The van der Waals surface area contributed by atoms with Crippen LogP contribution in [0.25, 0.3) is 0 Å². The molecule has 2 heterocycles. The minimum absolute atomic E-state index is 0.169. The van der Waals surface area contributed by atoms with Gasteiger partial charge < -0.3 is 10.6 Å². The van der Waals surface area contributed by atoms with Gasteiger partial charge in [-0.25, -0.2) is 0 Å². The fraction of sp³-hybridized carbons (Fsp3) is 0.643. The molecule has 106 valence electrons. The molecule has 0 aromatic carbocycles. The van der Waals surface area contributed by atoms with E-state index in [1.165, 1.54) is 17.7 Å². The molecule has 0 saturated carbocycles. The minimum atomic E-state index is 0.169. The number of carbonyl (C=O) groups is 1. The Balaban J connectivity index is 1.71. The van der Waals surface area contributed by atoms with Gasteiger partial charge >= 0.3 is 0 Å². The maximum atomic E-state index is 11.9. The van der Waals surface area contributed by atoms with Crippen molar-refractivity contribution in [2.24, 2.45) is 11.8 Å². The van der Waals surface area contributed by atoms with Crippen LogP contribution in [0.1, 0.15) is 31.1 Å². The maximum Gasteiger partial charge on any atom is 0.220 e. The van der Waals surface area contributed by atoms with Crippen molar-refractivity contribution in [3.63, 3.8) is 0 Å². The molecule has 0 bridgehead atoms. The number of thiophene rings is 1. The SMILES string of the molecule is CC(CC(=O)NCc1ccc(Br)s1)C1CCCNC1. The second-order valence-electron chi connectivity index (χ2n) is 5.27. The van der Waals surface area contributed by atoms with E-state index in [-0.39, 0.29) is 5.91 Å². The fourth-order valence-electron chi connectivity index (χ4n) is 2.53. The maximum absolute atomic E-state index is 11.9. The van der Waals surface area contributed by atoms with E-state index in [0.717, 1.165) is 16.9 Å². The summed E-state index contributed by atoms with van der Waals surface area (Å²) in [7, 11) is 0. The highest BCUT2D eigenvalue weighted by Gasteiger charge is 2.21. The Morgan fingerprint density at radius 1 is 1.63 bits per heavy atom. The quantitative estimate of drug-likeness (QED) is 0.861. The molecule has 2 rings (SSSR count). The second-order valence-corrected chi connectivity index (χ2v) is 7.82. The van der Waals surface area contributed by atoms with Crippen LogP contribution in [-0.2, 0) is 11.3 Å². The molecule has 3 nitrogen and oxygen atoms in total. The number of nitrogens with one attached hydrogen (secondary N) is 2. The van der Waals surface area contributed by atoms with E-state index in [1.807, 2.05) is 12.1 Å². The highest BCUT2D eigenvalue weighted by Crippen LogP contribution is 2.23. The van der Waals surface area contributed by atoms with E-state index in [4.69, 9.17) is 0 Å². The Morgan fingerprint density at radius 2 is 2.47 bits per heavy atom. The lowest BCUT2D eigenvalue weighted by molar-refractivity contribution is -0.122. The van der Waals surface area contributed by atoms with Crippen LogP contribution in [0.5, 0.6) is 0 Å². The van der Waals surface area contributed by atoms with Crippen LogP contribution in [0.4, 0.5) is 0 Å². The van der Waals surface area contributed by atoms with Crippen molar-refractivity contribution in [2.75, 3.05) is 13.1 Å². The van der Waals surface area contributed by atoms with E-state index in [1.54, 1.807) is 11.3 Å². The first-order valence-electron chi connectivity index (χ1n) is 6.87. The average Bonchev–Trinajstić information content (AvgIpc) is 2.83. The summed E-state index contributed by atoms with van der Waals surface area (Å²) < 4.78 is 1.11. The predicted molar refractivity (Wildman–Crippen MR) is 83.2 cm³/mol. The van der Waals surface area contributed by atoms with Crippen molar-refractivity contribution in [1.82, 2.24) is 10.6 Å². The molecule has 2 unspecified atom stereocenters. The van der Waals surface area contributed by atoms with Crippen LogP contribution in [-0.4, -0.2) is 19.0 Å². The molecule has 5 heteroatoms. The largest absolute Gasteiger partial charge is 0.351 e. The fourth-order valence-corrected chi connectivity index (χ4v) is 3.95. The molecular weight excluding hydrogens is 324 g/mol. The molecule has 19 heavy (non-hydrogen) atoms. The minimum Gasteiger partial charge on any atom is -0.351 e. The number of rotatable bonds is 5. The van der Waals surface area contributed by atoms with E-state index in [2.05, 4.69) is 33.5 Å². The summed E-state index contributed by atoms with van der Waals surface area (Å²) in [5, 5.41) is 6.43. The molecule has 1 fully saturated rings. The van der Waals surface area contributed by atoms with Crippen molar-refractivity contribution >= 4 is 33.2 Å². The lowest BCUT2D eigenvalue weighted by Gasteiger charge is -2.27. The van der Waals surface area contributed by atoms with Crippen LogP contribution >= 0.6 is 27.3 Å².